The third kappa shape index (κ3) is 3.69. The lowest BCUT2D eigenvalue weighted by Gasteiger charge is -2.33. The summed E-state index contributed by atoms with van der Waals surface area (Å²) in [4.78, 5) is 13.3. The van der Waals surface area contributed by atoms with Crippen molar-refractivity contribution in [1.82, 2.24) is 4.90 Å². The Kier molecular flexibility index (Phi) is 4.82. The molecule has 1 aliphatic rings. The van der Waals surface area contributed by atoms with Crippen LogP contribution in [0, 0.1) is 11.7 Å². The average molecular weight is 389 g/mol. The van der Waals surface area contributed by atoms with Crippen LogP contribution in [-0.4, -0.2) is 30.1 Å². The number of carbonyl (C=O) groups excluding carboxylic acids is 1. The fourth-order valence-corrected chi connectivity index (χ4v) is 2.78. The molecular formula is C13H11BrClF4NO. The number of piperidine rings is 1. The summed E-state index contributed by atoms with van der Waals surface area (Å²) in [5, 5.41) is 0.0934. The smallest absolute Gasteiger partial charge is 0.338 e. The van der Waals surface area contributed by atoms with Crippen LogP contribution in [0.2, 0.25) is 5.02 Å². The Hall–Kier alpha value is -0.820. The molecule has 1 saturated heterocycles. The minimum Gasteiger partial charge on any atom is -0.338 e. The molecular weight excluding hydrogens is 377 g/mol. The van der Waals surface area contributed by atoms with Crippen LogP contribution >= 0.6 is 27.5 Å². The van der Waals surface area contributed by atoms with E-state index < -0.39 is 30.4 Å². The number of hydrogen-bond acceptors (Lipinski definition) is 1. The highest BCUT2D eigenvalue weighted by atomic mass is 79.9. The summed E-state index contributed by atoms with van der Waals surface area (Å²) < 4.78 is 52.3. The summed E-state index contributed by atoms with van der Waals surface area (Å²) in [6.07, 6.45) is -4.12. The quantitative estimate of drug-likeness (QED) is 0.506. The maximum Gasteiger partial charge on any atom is 0.393 e. The Bertz CT molecular complexity index is 564. The second-order valence-corrected chi connectivity index (χ2v) is 6.14. The standard InChI is InChI=1S/C13H11BrClF4NO/c14-9-4-8(11(16)5-10(9)15)12(21)20-3-1-2-7(6-20)13(17,18)19/h4-5,7H,1-3,6H2. The number of alkyl halides is 3. The van der Waals surface area contributed by atoms with Gasteiger partial charge in [-0.1, -0.05) is 11.6 Å². The van der Waals surface area contributed by atoms with Crippen molar-refractivity contribution < 1.29 is 22.4 Å². The van der Waals surface area contributed by atoms with Crippen LogP contribution in [-0.2, 0) is 0 Å². The molecule has 1 aliphatic heterocycles. The minimum atomic E-state index is -4.35. The van der Waals surface area contributed by atoms with Crippen LogP contribution in [0.15, 0.2) is 16.6 Å². The van der Waals surface area contributed by atoms with Crippen LogP contribution in [0.1, 0.15) is 23.2 Å². The molecule has 0 aromatic heterocycles. The Labute approximate surface area is 132 Å². The fraction of sp³-hybridized carbons (Fsp3) is 0.462. The molecule has 1 aromatic rings. The van der Waals surface area contributed by atoms with Crippen LogP contribution in [0.4, 0.5) is 17.6 Å². The van der Waals surface area contributed by atoms with Gasteiger partial charge in [0.25, 0.3) is 5.91 Å². The Morgan fingerprint density at radius 3 is 2.67 bits per heavy atom. The van der Waals surface area contributed by atoms with E-state index in [9.17, 15) is 22.4 Å². The molecule has 1 unspecified atom stereocenters. The highest BCUT2D eigenvalue weighted by Crippen LogP contribution is 2.34. The van der Waals surface area contributed by atoms with Gasteiger partial charge in [-0.15, -0.1) is 0 Å². The number of carbonyl (C=O) groups is 1. The van der Waals surface area contributed by atoms with Crippen molar-refractivity contribution in [3.63, 3.8) is 0 Å². The number of hydrogen-bond donors (Lipinski definition) is 0. The van der Waals surface area contributed by atoms with Gasteiger partial charge in [-0.05, 0) is 40.9 Å². The number of halogens is 6. The molecule has 2 rings (SSSR count). The first-order chi connectivity index (χ1) is 9.70. The number of likely N-dealkylation sites (tertiary alicyclic amines) is 1. The molecule has 0 bridgehead atoms. The van der Waals surface area contributed by atoms with Crippen molar-refractivity contribution in [2.45, 2.75) is 19.0 Å². The first kappa shape index (κ1) is 16.5. The van der Waals surface area contributed by atoms with Crippen molar-refractivity contribution >= 4 is 33.4 Å². The molecule has 21 heavy (non-hydrogen) atoms. The van der Waals surface area contributed by atoms with E-state index in [1.807, 2.05) is 0 Å². The fourth-order valence-electron chi connectivity index (χ4n) is 2.29. The van der Waals surface area contributed by atoms with E-state index in [4.69, 9.17) is 11.6 Å². The first-order valence-electron chi connectivity index (χ1n) is 6.20. The van der Waals surface area contributed by atoms with Crippen molar-refractivity contribution in [3.8, 4) is 0 Å². The molecule has 0 spiro atoms. The summed E-state index contributed by atoms with van der Waals surface area (Å²) in [5.41, 5.74) is -0.283. The SMILES string of the molecule is O=C(c1cc(Br)c(Cl)cc1F)N1CCCC(C(F)(F)F)C1. The van der Waals surface area contributed by atoms with Crippen molar-refractivity contribution in [1.29, 1.82) is 0 Å². The highest BCUT2D eigenvalue weighted by Gasteiger charge is 2.43. The van der Waals surface area contributed by atoms with Gasteiger partial charge in [0.15, 0.2) is 0 Å². The molecule has 1 fully saturated rings. The Morgan fingerprint density at radius 1 is 1.38 bits per heavy atom. The molecule has 0 aliphatic carbocycles. The molecule has 1 atom stereocenters. The van der Waals surface area contributed by atoms with E-state index in [2.05, 4.69) is 15.9 Å². The second-order valence-electron chi connectivity index (χ2n) is 4.88. The predicted octanol–water partition coefficient (Wildman–Crippen LogP) is 4.66. The summed E-state index contributed by atoms with van der Waals surface area (Å²) >= 11 is 8.77. The Morgan fingerprint density at radius 2 is 2.05 bits per heavy atom. The summed E-state index contributed by atoms with van der Waals surface area (Å²) in [6, 6.07) is 2.15. The lowest BCUT2D eigenvalue weighted by atomic mass is 9.97. The molecule has 2 nitrogen and oxygen atoms in total. The third-order valence-electron chi connectivity index (χ3n) is 3.41. The number of nitrogens with zero attached hydrogens (tertiary/aromatic N) is 1. The van der Waals surface area contributed by atoms with Crippen LogP contribution in [0.25, 0.3) is 0 Å². The van der Waals surface area contributed by atoms with E-state index >= 15 is 0 Å². The molecule has 1 heterocycles. The van der Waals surface area contributed by atoms with Crippen LogP contribution < -0.4 is 0 Å². The molecule has 8 heteroatoms. The van der Waals surface area contributed by atoms with Gasteiger partial charge >= 0.3 is 6.18 Å². The van der Waals surface area contributed by atoms with E-state index in [1.165, 1.54) is 6.07 Å². The van der Waals surface area contributed by atoms with E-state index in [1.54, 1.807) is 0 Å². The largest absolute Gasteiger partial charge is 0.393 e. The van der Waals surface area contributed by atoms with Gasteiger partial charge in [0.1, 0.15) is 5.82 Å². The van der Waals surface area contributed by atoms with Gasteiger partial charge in [0.2, 0.25) is 0 Å². The molecule has 1 aromatic carbocycles. The van der Waals surface area contributed by atoms with Crippen LogP contribution in [0.5, 0.6) is 0 Å². The normalized spacial score (nSPS) is 19.7. The van der Waals surface area contributed by atoms with Crippen molar-refractivity contribution in [3.05, 3.63) is 33.0 Å². The highest BCUT2D eigenvalue weighted by molar-refractivity contribution is 9.10. The molecule has 1 amide bonds. The summed E-state index contributed by atoms with van der Waals surface area (Å²) in [6.45, 7) is -0.257. The third-order valence-corrected chi connectivity index (χ3v) is 4.61. The van der Waals surface area contributed by atoms with Crippen LogP contribution in [0.3, 0.4) is 0 Å². The monoisotopic (exact) mass is 387 g/mol. The lowest BCUT2D eigenvalue weighted by molar-refractivity contribution is -0.184. The number of benzene rings is 1. The molecule has 116 valence electrons. The van der Waals surface area contributed by atoms with Crippen molar-refractivity contribution in [2.75, 3.05) is 13.1 Å². The Balaban J connectivity index is 2.22. The molecule has 0 radical (unpaired) electrons. The van der Waals surface area contributed by atoms with E-state index in [0.29, 0.717) is 4.47 Å². The lowest BCUT2D eigenvalue weighted by Crippen LogP contribution is -2.44. The molecule has 0 saturated carbocycles. The predicted molar refractivity (Wildman–Crippen MR) is 73.8 cm³/mol. The van der Waals surface area contributed by atoms with Gasteiger partial charge < -0.3 is 4.90 Å². The van der Waals surface area contributed by atoms with Crippen molar-refractivity contribution in [2.24, 2.45) is 5.92 Å². The average Bonchev–Trinajstić information content (AvgIpc) is 2.41. The van der Waals surface area contributed by atoms with E-state index in [-0.39, 0.29) is 30.0 Å². The van der Waals surface area contributed by atoms with Gasteiger partial charge in [0.05, 0.1) is 16.5 Å². The van der Waals surface area contributed by atoms with Gasteiger partial charge in [-0.2, -0.15) is 13.2 Å². The molecule has 0 N–H and O–H groups in total. The zero-order chi connectivity index (χ0) is 15.8. The zero-order valence-electron chi connectivity index (χ0n) is 10.7. The second kappa shape index (κ2) is 6.12. The van der Waals surface area contributed by atoms with Gasteiger partial charge in [-0.3, -0.25) is 4.79 Å². The maximum absolute atomic E-state index is 13.8. The summed E-state index contributed by atoms with van der Waals surface area (Å²) in [7, 11) is 0. The minimum absolute atomic E-state index is 0.0138. The van der Waals surface area contributed by atoms with Gasteiger partial charge in [-0.25, -0.2) is 4.39 Å². The first-order valence-corrected chi connectivity index (χ1v) is 7.37. The topological polar surface area (TPSA) is 20.3 Å². The zero-order valence-corrected chi connectivity index (χ0v) is 13.0. The summed E-state index contributed by atoms with van der Waals surface area (Å²) in [5.74, 6) is -3.16. The maximum atomic E-state index is 13.8. The van der Waals surface area contributed by atoms with E-state index in [0.717, 1.165) is 11.0 Å². The number of rotatable bonds is 1. The number of amides is 1. The van der Waals surface area contributed by atoms with Gasteiger partial charge in [0, 0.05) is 17.6 Å².